The number of fused-ring (bicyclic) bond motifs is 6. The van der Waals surface area contributed by atoms with E-state index in [-0.39, 0.29) is 0 Å². The van der Waals surface area contributed by atoms with E-state index in [9.17, 15) is 0 Å². The second-order valence-corrected chi connectivity index (χ2v) is 9.75. The van der Waals surface area contributed by atoms with E-state index in [1.807, 2.05) is 0 Å². The van der Waals surface area contributed by atoms with Crippen LogP contribution in [-0.2, 0) is 0 Å². The Labute approximate surface area is 171 Å². The van der Waals surface area contributed by atoms with Crippen molar-refractivity contribution in [3.8, 4) is 5.75 Å². The highest BCUT2D eigenvalue weighted by molar-refractivity contribution is 6.17. The maximum Gasteiger partial charge on any atom is 0.202 e. The molecule has 3 nitrogen and oxygen atoms in total. The van der Waals surface area contributed by atoms with Gasteiger partial charge in [0.1, 0.15) is 5.69 Å². The van der Waals surface area contributed by atoms with E-state index in [1.165, 1.54) is 53.6 Å². The smallest absolute Gasteiger partial charge is 0.202 e. The lowest BCUT2D eigenvalue weighted by Crippen LogP contribution is -2.59. The van der Waals surface area contributed by atoms with E-state index in [1.54, 1.807) is 0 Å². The number of hydrogen-bond donors (Lipinski definition) is 0. The van der Waals surface area contributed by atoms with Crippen LogP contribution < -0.4 is 4.74 Å². The maximum absolute atomic E-state index is 7.13. The zero-order valence-corrected chi connectivity index (χ0v) is 16.8. The van der Waals surface area contributed by atoms with Gasteiger partial charge >= 0.3 is 0 Å². The van der Waals surface area contributed by atoms with E-state index >= 15 is 0 Å². The zero-order chi connectivity index (χ0) is 19.2. The highest BCUT2D eigenvalue weighted by Gasteiger charge is 2.56. The molecule has 3 heterocycles. The third-order valence-electron chi connectivity index (χ3n) is 8.30. The van der Waals surface area contributed by atoms with Crippen LogP contribution in [0.3, 0.4) is 0 Å². The van der Waals surface area contributed by atoms with Gasteiger partial charge in [0.15, 0.2) is 5.75 Å². The Bertz CT molecular complexity index is 1170. The van der Waals surface area contributed by atoms with Crippen molar-refractivity contribution in [2.75, 3.05) is 7.05 Å². The fourth-order valence-corrected chi connectivity index (χ4v) is 7.06. The van der Waals surface area contributed by atoms with Crippen molar-refractivity contribution < 1.29 is 4.74 Å². The summed E-state index contributed by atoms with van der Waals surface area (Å²) in [6.07, 6.45) is 8.82. The summed E-state index contributed by atoms with van der Waals surface area (Å²) in [5, 5.41) is 4.90. The molecule has 4 fully saturated rings. The van der Waals surface area contributed by atoms with E-state index in [0.717, 1.165) is 23.3 Å². The van der Waals surface area contributed by atoms with Crippen LogP contribution in [0.1, 0.15) is 32.1 Å². The summed E-state index contributed by atoms with van der Waals surface area (Å²) in [7, 11) is 2.29. The van der Waals surface area contributed by atoms with Crippen molar-refractivity contribution >= 4 is 33.4 Å². The topological polar surface area (TPSA) is 24.8 Å². The van der Waals surface area contributed by atoms with Crippen molar-refractivity contribution in [1.82, 2.24) is 4.90 Å². The number of hydrogen-bond acceptors (Lipinski definition) is 3. The molecule has 0 aromatic heterocycles. The molecule has 29 heavy (non-hydrogen) atoms. The summed E-state index contributed by atoms with van der Waals surface area (Å²) in [5.41, 5.74) is 0.606. The summed E-state index contributed by atoms with van der Waals surface area (Å²) >= 11 is 0. The third-order valence-corrected chi connectivity index (χ3v) is 8.30. The fourth-order valence-electron chi connectivity index (χ4n) is 7.06. The standard InChI is InChI=1S/C26H26N2O/c1-28-19-13-16-10-17(14-19)12-18(11-16)26(28)15-27-24-22-8-4-2-6-20(22)21-7-3-5-9-23(21)25(24)29-26/h2-9,15-19H,10-14H2,1H3. The van der Waals surface area contributed by atoms with E-state index < -0.39 is 5.72 Å². The molecule has 3 aromatic carbocycles. The number of aliphatic imine (C=N–C) groups is 1. The van der Waals surface area contributed by atoms with Gasteiger partial charge in [0.2, 0.25) is 5.72 Å². The lowest BCUT2D eigenvalue weighted by atomic mass is 9.67. The molecule has 8 rings (SSSR count). The lowest BCUT2D eigenvalue weighted by molar-refractivity contribution is -0.0614. The summed E-state index contributed by atoms with van der Waals surface area (Å²) in [5.74, 6) is 3.25. The largest absolute Gasteiger partial charge is 0.464 e. The molecule has 146 valence electrons. The van der Waals surface area contributed by atoms with Crippen LogP contribution in [0, 0.1) is 17.8 Å². The number of nitrogens with zero attached hydrogens (tertiary/aromatic N) is 2. The normalized spacial score (nSPS) is 35.2. The quantitative estimate of drug-likeness (QED) is 0.451. The number of ether oxygens (including phenoxy) is 1. The molecular weight excluding hydrogens is 356 g/mol. The van der Waals surface area contributed by atoms with Crippen molar-refractivity contribution in [2.24, 2.45) is 22.7 Å². The molecule has 3 heteroatoms. The summed E-state index contributed by atoms with van der Waals surface area (Å²) in [6.45, 7) is 0. The van der Waals surface area contributed by atoms with Crippen LogP contribution >= 0.6 is 0 Å². The van der Waals surface area contributed by atoms with E-state index in [4.69, 9.17) is 9.73 Å². The molecule has 2 saturated heterocycles. The second kappa shape index (κ2) is 5.60. The summed E-state index contributed by atoms with van der Waals surface area (Å²) in [6, 6.07) is 17.9. The average Bonchev–Trinajstić information content (AvgIpc) is 2.88. The van der Waals surface area contributed by atoms with Gasteiger partial charge in [0.25, 0.3) is 0 Å². The first-order chi connectivity index (χ1) is 14.2. The van der Waals surface area contributed by atoms with Gasteiger partial charge < -0.3 is 4.74 Å². The van der Waals surface area contributed by atoms with Gasteiger partial charge in [-0.15, -0.1) is 0 Å². The molecule has 0 amide bonds. The van der Waals surface area contributed by atoms with Crippen LogP contribution in [0.5, 0.6) is 5.75 Å². The monoisotopic (exact) mass is 382 g/mol. The predicted octanol–water partition coefficient (Wildman–Crippen LogP) is 5.92. The van der Waals surface area contributed by atoms with Gasteiger partial charge in [-0.3, -0.25) is 9.89 Å². The maximum atomic E-state index is 7.13. The van der Waals surface area contributed by atoms with Gasteiger partial charge in [-0.05, 0) is 61.8 Å². The van der Waals surface area contributed by atoms with Gasteiger partial charge in [0.05, 0.1) is 6.21 Å². The zero-order valence-electron chi connectivity index (χ0n) is 16.8. The number of rotatable bonds is 0. The highest BCUT2D eigenvalue weighted by atomic mass is 16.5. The van der Waals surface area contributed by atoms with Crippen molar-refractivity contribution in [1.29, 1.82) is 0 Å². The second-order valence-electron chi connectivity index (χ2n) is 9.75. The van der Waals surface area contributed by atoms with Crippen LogP contribution in [0.25, 0.3) is 21.5 Å². The Morgan fingerprint density at radius 2 is 1.45 bits per heavy atom. The SMILES string of the molecule is CN1C2CC3CC(C2)CC(C3)C12C=Nc1c(c3ccccc3c3ccccc13)O2. The summed E-state index contributed by atoms with van der Waals surface area (Å²) < 4.78 is 7.13. The minimum atomic E-state index is -0.396. The van der Waals surface area contributed by atoms with Crippen LogP contribution in [0.15, 0.2) is 53.5 Å². The molecule has 3 aromatic rings. The molecular formula is C26H26N2O. The Kier molecular flexibility index (Phi) is 3.17. The first-order valence-corrected chi connectivity index (χ1v) is 11.1. The van der Waals surface area contributed by atoms with Crippen LogP contribution in [-0.4, -0.2) is 29.9 Å². The molecule has 0 radical (unpaired) electrons. The van der Waals surface area contributed by atoms with Gasteiger partial charge in [-0.1, -0.05) is 48.5 Å². The van der Waals surface area contributed by atoms with E-state index in [2.05, 4.69) is 66.7 Å². The average molecular weight is 383 g/mol. The molecule has 4 bridgehead atoms. The molecule has 2 aliphatic carbocycles. The van der Waals surface area contributed by atoms with Gasteiger partial charge in [-0.25, -0.2) is 0 Å². The van der Waals surface area contributed by atoms with Crippen molar-refractivity contribution in [2.45, 2.75) is 43.9 Å². The molecule has 3 atom stereocenters. The van der Waals surface area contributed by atoms with Gasteiger partial charge in [-0.2, -0.15) is 0 Å². The van der Waals surface area contributed by atoms with Crippen LogP contribution in [0.2, 0.25) is 0 Å². The molecule has 2 saturated carbocycles. The molecule has 0 N–H and O–H groups in total. The Hall–Kier alpha value is -2.39. The highest BCUT2D eigenvalue weighted by Crippen LogP contribution is 2.56. The lowest BCUT2D eigenvalue weighted by Gasteiger charge is -2.46. The molecule has 5 aliphatic rings. The summed E-state index contributed by atoms with van der Waals surface area (Å²) in [4.78, 5) is 7.70. The fraction of sp³-hybridized carbons (Fsp3) is 0.423. The minimum Gasteiger partial charge on any atom is -0.464 e. The minimum absolute atomic E-state index is 0.396. The number of benzene rings is 3. The van der Waals surface area contributed by atoms with Crippen LogP contribution in [0.4, 0.5) is 5.69 Å². The van der Waals surface area contributed by atoms with E-state index in [0.29, 0.717) is 12.0 Å². The molecule has 3 unspecified atom stereocenters. The first kappa shape index (κ1) is 16.4. The first-order valence-electron chi connectivity index (χ1n) is 11.1. The Balaban J connectivity index is 1.49. The molecule has 3 aliphatic heterocycles. The Morgan fingerprint density at radius 3 is 2.17 bits per heavy atom. The van der Waals surface area contributed by atoms with Crippen molar-refractivity contribution in [3.63, 3.8) is 0 Å². The third kappa shape index (κ3) is 2.09. The predicted molar refractivity (Wildman–Crippen MR) is 118 cm³/mol. The Morgan fingerprint density at radius 1 is 0.828 bits per heavy atom. The van der Waals surface area contributed by atoms with Gasteiger partial charge in [0, 0.05) is 22.7 Å². The molecule has 1 spiro atoms. The van der Waals surface area contributed by atoms with Crippen molar-refractivity contribution in [3.05, 3.63) is 48.5 Å².